The number of rotatable bonds is 4. The van der Waals surface area contributed by atoms with Crippen LogP contribution in [0.2, 0.25) is 0 Å². The zero-order valence-electron chi connectivity index (χ0n) is 10.6. The van der Waals surface area contributed by atoms with Crippen molar-refractivity contribution in [2.75, 3.05) is 5.73 Å². The van der Waals surface area contributed by atoms with Gasteiger partial charge in [-0.2, -0.15) is 8.78 Å². The van der Waals surface area contributed by atoms with Gasteiger partial charge in [-0.3, -0.25) is 0 Å². The summed E-state index contributed by atoms with van der Waals surface area (Å²) in [6.45, 7) is -2.85. The van der Waals surface area contributed by atoms with Gasteiger partial charge >= 0.3 is 6.61 Å². The number of ether oxygens (including phenoxy) is 1. The number of nitrogens with two attached hydrogens (primary N) is 1. The molecule has 0 aliphatic rings. The van der Waals surface area contributed by atoms with E-state index >= 15 is 0 Å². The van der Waals surface area contributed by atoms with Crippen molar-refractivity contribution in [1.29, 1.82) is 0 Å². The number of benzene rings is 1. The van der Waals surface area contributed by atoms with Crippen molar-refractivity contribution in [2.24, 2.45) is 0 Å². The fourth-order valence-electron chi connectivity index (χ4n) is 1.95. The number of hydrogen-bond acceptors (Lipinski definition) is 5. The predicted octanol–water partition coefficient (Wildman–Crippen LogP) is 4.25. The lowest BCUT2D eigenvalue weighted by atomic mass is 10.1. The topological polar surface area (TPSA) is 61.3 Å². The van der Waals surface area contributed by atoms with Crippen LogP contribution in [0, 0.1) is 0 Å². The Morgan fingerprint density at radius 1 is 1.19 bits per heavy atom. The monoisotopic (exact) mass is 308 g/mol. The third kappa shape index (κ3) is 2.73. The Kier molecular flexibility index (Phi) is 3.57. The molecule has 1 aromatic carbocycles. The van der Waals surface area contributed by atoms with Gasteiger partial charge < -0.3 is 15.0 Å². The van der Waals surface area contributed by atoms with Crippen molar-refractivity contribution in [2.45, 2.75) is 6.61 Å². The lowest BCUT2D eigenvalue weighted by Gasteiger charge is -2.05. The van der Waals surface area contributed by atoms with Gasteiger partial charge in [-0.15, -0.1) is 11.3 Å². The molecule has 3 rings (SSSR count). The zero-order valence-corrected chi connectivity index (χ0v) is 11.4. The summed E-state index contributed by atoms with van der Waals surface area (Å²) < 4.78 is 33.8. The molecule has 0 atom stereocenters. The zero-order chi connectivity index (χ0) is 14.8. The van der Waals surface area contributed by atoms with Crippen LogP contribution in [0.5, 0.6) is 5.75 Å². The molecule has 4 nitrogen and oxygen atoms in total. The summed E-state index contributed by atoms with van der Waals surface area (Å²) in [4.78, 5) is 0.927. The fraction of sp³-hybridized carbons (Fsp3) is 0.0714. The first-order chi connectivity index (χ1) is 10.1. The van der Waals surface area contributed by atoms with Crippen LogP contribution in [0.1, 0.15) is 0 Å². The molecule has 0 fully saturated rings. The number of halogens is 2. The Morgan fingerprint density at radius 3 is 2.57 bits per heavy atom. The standard InChI is InChI=1S/C14H10F2N2O2S/c15-14(16)19-9-5-3-8(4-6-9)12-11(13(17)18-20-12)10-2-1-7-21-10/h1-7,14H,(H2,17,18). The molecule has 0 spiro atoms. The molecule has 7 heteroatoms. The summed E-state index contributed by atoms with van der Waals surface area (Å²) >= 11 is 1.51. The molecular formula is C14H10F2N2O2S. The van der Waals surface area contributed by atoms with Crippen molar-refractivity contribution in [3.63, 3.8) is 0 Å². The number of nitrogens with zero attached hydrogens (tertiary/aromatic N) is 1. The third-order valence-corrected chi connectivity index (χ3v) is 3.72. The maximum Gasteiger partial charge on any atom is 0.387 e. The van der Waals surface area contributed by atoms with Gasteiger partial charge in [-0.25, -0.2) is 0 Å². The summed E-state index contributed by atoms with van der Waals surface area (Å²) in [5, 5.41) is 5.70. The van der Waals surface area contributed by atoms with Crippen molar-refractivity contribution in [3.8, 4) is 27.5 Å². The molecule has 2 heterocycles. The quantitative estimate of drug-likeness (QED) is 0.782. The largest absolute Gasteiger partial charge is 0.435 e. The average Bonchev–Trinajstić information content (AvgIpc) is 3.08. The second kappa shape index (κ2) is 5.53. The van der Waals surface area contributed by atoms with Crippen LogP contribution in [0.3, 0.4) is 0 Å². The molecule has 0 radical (unpaired) electrons. The van der Waals surface area contributed by atoms with Crippen LogP contribution in [0.15, 0.2) is 46.3 Å². The predicted molar refractivity (Wildman–Crippen MR) is 76.3 cm³/mol. The van der Waals surface area contributed by atoms with Gasteiger partial charge in [0.05, 0.1) is 5.56 Å². The van der Waals surface area contributed by atoms with Gasteiger partial charge in [0.2, 0.25) is 0 Å². The number of alkyl halides is 2. The van der Waals surface area contributed by atoms with E-state index in [9.17, 15) is 8.78 Å². The van der Waals surface area contributed by atoms with Gasteiger partial charge in [0.25, 0.3) is 0 Å². The SMILES string of the molecule is Nc1noc(-c2ccc(OC(F)F)cc2)c1-c1cccs1. The van der Waals surface area contributed by atoms with Crippen LogP contribution in [-0.4, -0.2) is 11.8 Å². The van der Waals surface area contributed by atoms with E-state index in [1.807, 2.05) is 17.5 Å². The van der Waals surface area contributed by atoms with Crippen molar-refractivity contribution in [3.05, 3.63) is 41.8 Å². The summed E-state index contributed by atoms with van der Waals surface area (Å²) in [7, 11) is 0. The van der Waals surface area contributed by atoms with Crippen LogP contribution < -0.4 is 10.5 Å². The highest BCUT2D eigenvalue weighted by atomic mass is 32.1. The molecule has 21 heavy (non-hydrogen) atoms. The van der Waals surface area contributed by atoms with Crippen LogP contribution in [0.25, 0.3) is 21.8 Å². The smallest absolute Gasteiger partial charge is 0.387 e. The lowest BCUT2D eigenvalue weighted by molar-refractivity contribution is -0.0498. The summed E-state index contributed by atoms with van der Waals surface area (Å²) in [6, 6.07) is 9.93. The average molecular weight is 308 g/mol. The van der Waals surface area contributed by atoms with Gasteiger partial charge in [0.1, 0.15) is 5.75 Å². The minimum atomic E-state index is -2.85. The molecule has 0 bridgehead atoms. The van der Waals surface area contributed by atoms with Crippen LogP contribution >= 0.6 is 11.3 Å². The minimum absolute atomic E-state index is 0.0823. The van der Waals surface area contributed by atoms with Gasteiger partial charge in [-0.1, -0.05) is 11.2 Å². The lowest BCUT2D eigenvalue weighted by Crippen LogP contribution is -2.01. The van der Waals surface area contributed by atoms with Crippen LogP contribution in [0.4, 0.5) is 14.6 Å². The number of hydrogen-bond donors (Lipinski definition) is 1. The summed E-state index contributed by atoms with van der Waals surface area (Å²) in [6.07, 6.45) is 0. The highest BCUT2D eigenvalue weighted by Crippen LogP contribution is 2.39. The molecular weight excluding hydrogens is 298 g/mol. The van der Waals surface area contributed by atoms with E-state index in [2.05, 4.69) is 9.89 Å². The first kappa shape index (κ1) is 13.6. The molecule has 0 amide bonds. The third-order valence-electron chi connectivity index (χ3n) is 2.83. The van der Waals surface area contributed by atoms with Crippen molar-refractivity contribution < 1.29 is 18.0 Å². The first-order valence-corrected chi connectivity index (χ1v) is 6.87. The van der Waals surface area contributed by atoms with Crippen molar-refractivity contribution >= 4 is 17.2 Å². The molecule has 0 aliphatic carbocycles. The second-order valence-corrected chi connectivity index (χ2v) is 5.10. The maximum absolute atomic E-state index is 12.1. The normalized spacial score (nSPS) is 11.0. The van der Waals surface area contributed by atoms with E-state index in [0.29, 0.717) is 22.7 Å². The Hall–Kier alpha value is -2.41. The summed E-state index contributed by atoms with van der Waals surface area (Å²) in [5.74, 6) is 0.873. The Bertz CT molecular complexity index is 724. The van der Waals surface area contributed by atoms with Crippen molar-refractivity contribution in [1.82, 2.24) is 5.16 Å². The van der Waals surface area contributed by atoms with Gasteiger partial charge in [-0.05, 0) is 35.7 Å². The number of nitrogen functional groups attached to an aromatic ring is 1. The van der Waals surface area contributed by atoms with Gasteiger partial charge in [0.15, 0.2) is 11.6 Å². The molecule has 0 unspecified atom stereocenters. The highest BCUT2D eigenvalue weighted by molar-refractivity contribution is 7.13. The molecule has 0 saturated heterocycles. The number of anilines is 1. The molecule has 2 aromatic heterocycles. The van der Waals surface area contributed by atoms with E-state index in [-0.39, 0.29) is 5.75 Å². The maximum atomic E-state index is 12.1. The molecule has 2 N–H and O–H groups in total. The Labute approximate surface area is 122 Å². The first-order valence-electron chi connectivity index (χ1n) is 5.99. The Morgan fingerprint density at radius 2 is 1.95 bits per heavy atom. The molecule has 108 valence electrons. The minimum Gasteiger partial charge on any atom is -0.435 e. The molecule has 0 saturated carbocycles. The van der Waals surface area contributed by atoms with Gasteiger partial charge in [0, 0.05) is 10.4 Å². The van der Waals surface area contributed by atoms with E-state index in [0.717, 1.165) is 4.88 Å². The van der Waals surface area contributed by atoms with E-state index < -0.39 is 6.61 Å². The highest BCUT2D eigenvalue weighted by Gasteiger charge is 2.18. The second-order valence-electron chi connectivity index (χ2n) is 4.15. The Balaban J connectivity index is 1.98. The van der Waals surface area contributed by atoms with E-state index in [1.54, 1.807) is 12.1 Å². The molecule has 0 aliphatic heterocycles. The fourth-order valence-corrected chi connectivity index (χ4v) is 2.72. The van der Waals surface area contributed by atoms with E-state index in [1.165, 1.54) is 23.5 Å². The van der Waals surface area contributed by atoms with E-state index in [4.69, 9.17) is 10.3 Å². The summed E-state index contributed by atoms with van der Waals surface area (Å²) in [5.41, 5.74) is 7.23. The molecule has 3 aromatic rings. The number of thiophene rings is 1. The van der Waals surface area contributed by atoms with Crippen LogP contribution in [-0.2, 0) is 0 Å². The number of aromatic nitrogens is 1.